The molecule has 2 aromatic rings. The van der Waals surface area contributed by atoms with E-state index in [2.05, 4.69) is 51.1 Å². The quantitative estimate of drug-likeness (QED) is 0.250. The number of pyridine rings is 1. The van der Waals surface area contributed by atoms with Crippen LogP contribution in [-0.4, -0.2) is 42.2 Å². The average Bonchev–Trinajstić information content (AvgIpc) is 3.30. The van der Waals surface area contributed by atoms with E-state index >= 15 is 0 Å². The number of aliphatic imine (C=N–C) groups is 1. The van der Waals surface area contributed by atoms with Crippen molar-refractivity contribution in [1.29, 1.82) is 0 Å². The van der Waals surface area contributed by atoms with E-state index in [1.807, 2.05) is 19.2 Å². The number of rotatable bonds is 8. The van der Waals surface area contributed by atoms with Crippen LogP contribution in [-0.2, 0) is 11.3 Å². The topological polar surface area (TPSA) is 63.0 Å². The highest BCUT2D eigenvalue weighted by molar-refractivity contribution is 14.0. The van der Waals surface area contributed by atoms with Crippen LogP contribution in [0.2, 0.25) is 0 Å². The first kappa shape index (κ1) is 22.9. The summed E-state index contributed by atoms with van der Waals surface area (Å²) in [6.45, 7) is 7.41. The fraction of sp³-hybridized carbons (Fsp3) is 0.619. The predicted octanol–water partition coefficient (Wildman–Crippen LogP) is 3.91. The average molecular weight is 499 g/mol. The molecule has 0 aromatic carbocycles. The molecule has 1 fully saturated rings. The molecule has 0 bridgehead atoms. The number of nitrogens with zero attached hydrogens (tertiary/aromatic N) is 3. The van der Waals surface area contributed by atoms with Gasteiger partial charge in [-0.25, -0.2) is 4.98 Å². The minimum Gasteiger partial charge on any atom is -0.382 e. The number of halogens is 1. The van der Waals surface area contributed by atoms with Gasteiger partial charge in [0.15, 0.2) is 5.96 Å². The maximum Gasteiger partial charge on any atom is 0.191 e. The van der Waals surface area contributed by atoms with Gasteiger partial charge in [-0.3, -0.25) is 4.99 Å². The van der Waals surface area contributed by atoms with Crippen LogP contribution in [0.25, 0.3) is 5.65 Å². The zero-order valence-electron chi connectivity index (χ0n) is 17.3. The molecule has 2 N–H and O–H groups in total. The van der Waals surface area contributed by atoms with Gasteiger partial charge in [0.1, 0.15) is 5.65 Å². The molecule has 3 rings (SSSR count). The third-order valence-corrected chi connectivity index (χ3v) is 5.68. The lowest BCUT2D eigenvalue weighted by Crippen LogP contribution is -2.43. The zero-order valence-corrected chi connectivity index (χ0v) is 19.7. The Labute approximate surface area is 185 Å². The number of hydrogen-bond acceptors (Lipinski definition) is 3. The van der Waals surface area contributed by atoms with E-state index in [4.69, 9.17) is 4.74 Å². The van der Waals surface area contributed by atoms with E-state index < -0.39 is 0 Å². The van der Waals surface area contributed by atoms with Crippen LogP contribution in [0.4, 0.5) is 0 Å². The molecule has 156 valence electrons. The Balaban J connectivity index is 0.00000280. The van der Waals surface area contributed by atoms with Gasteiger partial charge in [0, 0.05) is 38.7 Å². The van der Waals surface area contributed by atoms with E-state index in [-0.39, 0.29) is 24.0 Å². The van der Waals surface area contributed by atoms with Crippen molar-refractivity contribution in [3.63, 3.8) is 0 Å². The second-order valence-electron chi connectivity index (χ2n) is 7.56. The van der Waals surface area contributed by atoms with E-state index in [0.717, 1.165) is 43.5 Å². The Morgan fingerprint density at radius 1 is 1.29 bits per heavy atom. The molecule has 1 aliphatic rings. The molecule has 1 saturated carbocycles. The summed E-state index contributed by atoms with van der Waals surface area (Å²) in [6.07, 6.45) is 8.40. The third-order valence-electron chi connectivity index (χ3n) is 5.68. The van der Waals surface area contributed by atoms with Crippen LogP contribution in [0.3, 0.4) is 0 Å². The van der Waals surface area contributed by atoms with Crippen molar-refractivity contribution in [1.82, 2.24) is 20.0 Å². The van der Waals surface area contributed by atoms with Crippen LogP contribution in [0, 0.1) is 12.3 Å². The Hall–Kier alpha value is -1.35. The largest absolute Gasteiger partial charge is 0.382 e. The number of aromatic nitrogens is 2. The van der Waals surface area contributed by atoms with E-state index in [1.165, 1.54) is 31.4 Å². The third kappa shape index (κ3) is 5.83. The maximum absolute atomic E-state index is 5.61. The Morgan fingerprint density at radius 2 is 2.07 bits per heavy atom. The molecule has 1 aliphatic carbocycles. The summed E-state index contributed by atoms with van der Waals surface area (Å²) in [7, 11) is 1.82. The molecule has 28 heavy (non-hydrogen) atoms. The van der Waals surface area contributed by atoms with Gasteiger partial charge in [0.05, 0.1) is 12.2 Å². The number of aryl methyl sites for hydroxylation is 1. The Kier molecular flexibility index (Phi) is 9.01. The second kappa shape index (κ2) is 11.0. The molecule has 0 unspecified atom stereocenters. The summed E-state index contributed by atoms with van der Waals surface area (Å²) in [5.74, 6) is 0.839. The van der Waals surface area contributed by atoms with Crippen LogP contribution < -0.4 is 10.6 Å². The van der Waals surface area contributed by atoms with Gasteiger partial charge >= 0.3 is 0 Å². The summed E-state index contributed by atoms with van der Waals surface area (Å²) >= 11 is 0. The van der Waals surface area contributed by atoms with Gasteiger partial charge in [-0.15, -0.1) is 24.0 Å². The molecule has 0 aliphatic heterocycles. The van der Waals surface area contributed by atoms with Crippen molar-refractivity contribution in [3.05, 3.63) is 35.8 Å². The van der Waals surface area contributed by atoms with Gasteiger partial charge in [0.25, 0.3) is 0 Å². The lowest BCUT2D eigenvalue weighted by molar-refractivity contribution is 0.105. The first-order valence-corrected chi connectivity index (χ1v) is 10.1. The van der Waals surface area contributed by atoms with Crippen LogP contribution in [0.5, 0.6) is 0 Å². The van der Waals surface area contributed by atoms with E-state index in [0.29, 0.717) is 12.0 Å². The standard InChI is InChI=1S/C21H33N5O.HI/c1-4-27-13-12-21(10-5-6-11-21)16-24-20(22-3)23-14-18-15-26-17(2)8-7-9-19(26)25-18;/h7-9,15H,4-6,10-14,16H2,1-3H3,(H2,22,23,24);1H. The molecule has 0 radical (unpaired) electrons. The van der Waals surface area contributed by atoms with Gasteiger partial charge < -0.3 is 19.8 Å². The van der Waals surface area contributed by atoms with Crippen molar-refractivity contribution in [2.45, 2.75) is 52.5 Å². The van der Waals surface area contributed by atoms with E-state index in [1.54, 1.807) is 0 Å². The lowest BCUT2D eigenvalue weighted by Gasteiger charge is -2.30. The van der Waals surface area contributed by atoms with Crippen LogP contribution in [0.15, 0.2) is 29.4 Å². The first-order chi connectivity index (χ1) is 13.2. The molecule has 0 atom stereocenters. The van der Waals surface area contributed by atoms with Crippen LogP contribution in [0.1, 0.15) is 50.4 Å². The minimum atomic E-state index is 0. The summed E-state index contributed by atoms with van der Waals surface area (Å²) in [5.41, 5.74) is 3.52. The lowest BCUT2D eigenvalue weighted by atomic mass is 9.83. The minimum absolute atomic E-state index is 0. The monoisotopic (exact) mass is 499 g/mol. The maximum atomic E-state index is 5.61. The molecule has 2 aromatic heterocycles. The summed E-state index contributed by atoms with van der Waals surface area (Å²) in [6, 6.07) is 6.17. The number of imidazole rings is 1. The predicted molar refractivity (Wildman–Crippen MR) is 126 cm³/mol. The summed E-state index contributed by atoms with van der Waals surface area (Å²) in [4.78, 5) is 9.07. The molecule has 7 heteroatoms. The second-order valence-corrected chi connectivity index (χ2v) is 7.56. The smallest absolute Gasteiger partial charge is 0.191 e. The molecule has 0 saturated heterocycles. The van der Waals surface area contributed by atoms with Crippen molar-refractivity contribution in [2.75, 3.05) is 26.8 Å². The summed E-state index contributed by atoms with van der Waals surface area (Å²) < 4.78 is 7.73. The fourth-order valence-corrected chi connectivity index (χ4v) is 4.02. The molecule has 6 nitrogen and oxygen atoms in total. The molecular formula is C21H34IN5O. The highest BCUT2D eigenvalue weighted by atomic mass is 127. The van der Waals surface area contributed by atoms with Crippen molar-refractivity contribution < 1.29 is 4.74 Å². The number of nitrogens with one attached hydrogen (secondary N) is 2. The van der Waals surface area contributed by atoms with E-state index in [9.17, 15) is 0 Å². The van der Waals surface area contributed by atoms with Gasteiger partial charge in [-0.05, 0) is 50.7 Å². The number of ether oxygens (including phenoxy) is 1. The molecule has 0 amide bonds. The number of fused-ring (bicyclic) bond motifs is 1. The zero-order chi connectivity index (χ0) is 19.1. The Morgan fingerprint density at radius 3 is 2.75 bits per heavy atom. The fourth-order valence-electron chi connectivity index (χ4n) is 4.02. The van der Waals surface area contributed by atoms with Crippen LogP contribution >= 0.6 is 24.0 Å². The molecular weight excluding hydrogens is 465 g/mol. The summed E-state index contributed by atoms with van der Waals surface area (Å²) in [5, 5.41) is 6.95. The SMILES string of the molecule is CCOCCC1(CNC(=NC)NCc2cn3c(C)cccc3n2)CCCC1.I. The molecule has 2 heterocycles. The first-order valence-electron chi connectivity index (χ1n) is 10.1. The number of hydrogen-bond donors (Lipinski definition) is 2. The van der Waals surface area contributed by atoms with Crippen molar-refractivity contribution >= 4 is 35.6 Å². The molecule has 0 spiro atoms. The van der Waals surface area contributed by atoms with Crippen molar-refractivity contribution in [3.8, 4) is 0 Å². The highest BCUT2D eigenvalue weighted by Crippen LogP contribution is 2.40. The highest BCUT2D eigenvalue weighted by Gasteiger charge is 2.33. The Bertz CT molecular complexity index is 767. The number of guanidine groups is 1. The van der Waals surface area contributed by atoms with Gasteiger partial charge in [-0.1, -0.05) is 18.9 Å². The van der Waals surface area contributed by atoms with Gasteiger partial charge in [0.2, 0.25) is 0 Å². The van der Waals surface area contributed by atoms with Crippen molar-refractivity contribution in [2.24, 2.45) is 10.4 Å². The normalized spacial score (nSPS) is 16.2. The van der Waals surface area contributed by atoms with Gasteiger partial charge in [-0.2, -0.15) is 0 Å².